The molecule has 2 unspecified atom stereocenters. The van der Waals surface area contributed by atoms with E-state index in [0.29, 0.717) is 12.6 Å². The van der Waals surface area contributed by atoms with Crippen LogP contribution < -0.4 is 0 Å². The number of hydrogen-bond donors (Lipinski definition) is 1. The van der Waals surface area contributed by atoms with E-state index >= 15 is 0 Å². The van der Waals surface area contributed by atoms with Gasteiger partial charge in [0.1, 0.15) is 0 Å². The molecule has 0 spiro atoms. The van der Waals surface area contributed by atoms with Gasteiger partial charge >= 0.3 is 5.97 Å². The highest BCUT2D eigenvalue weighted by molar-refractivity contribution is 9.10. The summed E-state index contributed by atoms with van der Waals surface area (Å²) in [7, 11) is 0. The summed E-state index contributed by atoms with van der Waals surface area (Å²) in [4.78, 5) is 14.7. The van der Waals surface area contributed by atoms with Crippen LogP contribution in [0.15, 0.2) is 27.6 Å². The van der Waals surface area contributed by atoms with Gasteiger partial charge < -0.3 is 5.11 Å². The van der Waals surface area contributed by atoms with E-state index in [2.05, 4.69) is 52.2 Å². The second-order valence-corrected chi connectivity index (χ2v) is 7.11. The Morgan fingerprint density at radius 1 is 1.50 bits per heavy atom. The summed E-state index contributed by atoms with van der Waals surface area (Å²) in [5.74, 6) is -0.887. The molecule has 1 N–H and O–H groups in total. The van der Waals surface area contributed by atoms with Crippen molar-refractivity contribution in [1.29, 1.82) is 0 Å². The van der Waals surface area contributed by atoms with Crippen molar-refractivity contribution >= 4 is 33.7 Å². The van der Waals surface area contributed by atoms with Crippen LogP contribution >= 0.6 is 27.7 Å². The van der Waals surface area contributed by atoms with Crippen molar-refractivity contribution in [3.63, 3.8) is 0 Å². The smallest absolute Gasteiger partial charge is 0.307 e. The lowest BCUT2D eigenvalue weighted by Gasteiger charge is -2.36. The molecule has 0 amide bonds. The SMILES string of the molecule is CSc1cc(Br)ccc1CN1CC(C(=O)O)CCC1C. The van der Waals surface area contributed by atoms with Crippen molar-refractivity contribution in [2.24, 2.45) is 5.92 Å². The number of hydrogen-bond acceptors (Lipinski definition) is 3. The van der Waals surface area contributed by atoms with Crippen molar-refractivity contribution in [1.82, 2.24) is 4.90 Å². The first-order valence-corrected chi connectivity index (χ1v) is 8.82. The average molecular weight is 358 g/mol. The molecule has 1 aromatic rings. The van der Waals surface area contributed by atoms with E-state index in [4.69, 9.17) is 0 Å². The Balaban J connectivity index is 2.13. The number of benzene rings is 1. The summed E-state index contributed by atoms with van der Waals surface area (Å²) < 4.78 is 1.08. The highest BCUT2D eigenvalue weighted by Gasteiger charge is 2.29. The van der Waals surface area contributed by atoms with E-state index < -0.39 is 5.97 Å². The van der Waals surface area contributed by atoms with Crippen molar-refractivity contribution in [2.45, 2.75) is 37.2 Å². The van der Waals surface area contributed by atoms with Gasteiger partial charge in [0, 0.05) is 28.5 Å². The van der Waals surface area contributed by atoms with Gasteiger partial charge in [-0.1, -0.05) is 22.0 Å². The van der Waals surface area contributed by atoms with E-state index in [1.54, 1.807) is 11.8 Å². The molecular formula is C15H20BrNO2S. The van der Waals surface area contributed by atoms with Crippen LogP contribution in [0.2, 0.25) is 0 Å². The molecule has 0 bridgehead atoms. The molecule has 3 nitrogen and oxygen atoms in total. The molecule has 0 saturated carbocycles. The van der Waals surface area contributed by atoms with Crippen LogP contribution in [0.5, 0.6) is 0 Å². The maximum absolute atomic E-state index is 11.2. The van der Waals surface area contributed by atoms with E-state index in [0.717, 1.165) is 23.9 Å². The highest BCUT2D eigenvalue weighted by Crippen LogP contribution is 2.29. The number of carboxylic acids is 1. The molecule has 110 valence electrons. The molecule has 20 heavy (non-hydrogen) atoms. The number of piperidine rings is 1. The lowest BCUT2D eigenvalue weighted by atomic mass is 9.93. The number of nitrogens with zero attached hydrogens (tertiary/aromatic N) is 1. The van der Waals surface area contributed by atoms with Gasteiger partial charge in [-0.3, -0.25) is 9.69 Å². The van der Waals surface area contributed by atoms with Gasteiger partial charge in [-0.05, 0) is 43.7 Å². The highest BCUT2D eigenvalue weighted by atomic mass is 79.9. The van der Waals surface area contributed by atoms with Gasteiger partial charge in [0.15, 0.2) is 0 Å². The number of carboxylic acid groups (broad SMARTS) is 1. The summed E-state index contributed by atoms with van der Waals surface area (Å²) in [6, 6.07) is 6.76. The zero-order valence-electron chi connectivity index (χ0n) is 11.8. The third-order valence-corrected chi connectivity index (χ3v) is 5.30. The number of rotatable bonds is 4. The van der Waals surface area contributed by atoms with Crippen LogP contribution in [0.1, 0.15) is 25.3 Å². The standard InChI is InChI=1S/C15H20BrNO2S/c1-10-3-4-12(15(18)19)9-17(10)8-11-5-6-13(16)7-14(11)20-2/h5-7,10,12H,3-4,8-9H2,1-2H3,(H,18,19). The summed E-state index contributed by atoms with van der Waals surface area (Å²) in [6.45, 7) is 3.67. The van der Waals surface area contributed by atoms with Gasteiger partial charge in [0.05, 0.1) is 5.92 Å². The largest absolute Gasteiger partial charge is 0.481 e. The van der Waals surface area contributed by atoms with E-state index in [1.165, 1.54) is 10.5 Å². The molecule has 1 aliphatic rings. The second kappa shape index (κ2) is 6.96. The van der Waals surface area contributed by atoms with Crippen LogP contribution in [-0.2, 0) is 11.3 Å². The van der Waals surface area contributed by atoms with Crippen molar-refractivity contribution in [3.8, 4) is 0 Å². The van der Waals surface area contributed by atoms with Crippen LogP contribution in [0.3, 0.4) is 0 Å². The maximum atomic E-state index is 11.2. The molecule has 0 aliphatic carbocycles. The normalized spacial score (nSPS) is 23.8. The Kier molecular flexibility index (Phi) is 5.52. The van der Waals surface area contributed by atoms with E-state index in [-0.39, 0.29) is 5.92 Å². The van der Waals surface area contributed by atoms with Crippen molar-refractivity contribution < 1.29 is 9.90 Å². The maximum Gasteiger partial charge on any atom is 0.307 e. The lowest BCUT2D eigenvalue weighted by molar-refractivity contribution is -0.144. The van der Waals surface area contributed by atoms with Gasteiger partial charge in [0.25, 0.3) is 0 Å². The number of carbonyl (C=O) groups is 1. The third kappa shape index (κ3) is 3.77. The Bertz CT molecular complexity index is 495. The molecular weight excluding hydrogens is 338 g/mol. The topological polar surface area (TPSA) is 40.5 Å². The van der Waals surface area contributed by atoms with Crippen LogP contribution in [0.4, 0.5) is 0 Å². The second-order valence-electron chi connectivity index (χ2n) is 5.35. The Hall–Kier alpha value is -0.520. The first-order valence-electron chi connectivity index (χ1n) is 6.80. The van der Waals surface area contributed by atoms with E-state index in [9.17, 15) is 9.90 Å². The molecule has 2 rings (SSSR count). The zero-order valence-corrected chi connectivity index (χ0v) is 14.2. The van der Waals surface area contributed by atoms with Crippen LogP contribution in [0, 0.1) is 5.92 Å². The predicted molar refractivity (Wildman–Crippen MR) is 86.2 cm³/mol. The summed E-state index contributed by atoms with van der Waals surface area (Å²) in [6.07, 6.45) is 3.83. The Morgan fingerprint density at radius 3 is 2.90 bits per heavy atom. The molecule has 1 saturated heterocycles. The van der Waals surface area contributed by atoms with Crippen molar-refractivity contribution in [3.05, 3.63) is 28.2 Å². The van der Waals surface area contributed by atoms with Gasteiger partial charge in [-0.25, -0.2) is 0 Å². The van der Waals surface area contributed by atoms with Crippen molar-refractivity contribution in [2.75, 3.05) is 12.8 Å². The molecule has 1 fully saturated rings. The molecule has 1 aromatic carbocycles. The molecule has 0 aromatic heterocycles. The molecule has 5 heteroatoms. The van der Waals surface area contributed by atoms with Gasteiger partial charge in [-0.15, -0.1) is 11.8 Å². The average Bonchev–Trinajstić information content (AvgIpc) is 2.42. The number of thioether (sulfide) groups is 1. The minimum absolute atomic E-state index is 0.223. The molecule has 0 radical (unpaired) electrons. The summed E-state index contributed by atoms with van der Waals surface area (Å²) in [5, 5.41) is 9.21. The Labute approximate surface area is 132 Å². The minimum atomic E-state index is -0.664. The number of aliphatic carboxylic acids is 1. The molecule has 2 atom stereocenters. The fourth-order valence-electron chi connectivity index (χ4n) is 2.67. The fourth-order valence-corrected chi connectivity index (χ4v) is 3.82. The zero-order chi connectivity index (χ0) is 14.7. The van der Waals surface area contributed by atoms with E-state index in [1.807, 2.05) is 0 Å². The number of halogens is 1. The predicted octanol–water partition coefficient (Wildman–Crippen LogP) is 3.86. The fraction of sp³-hybridized carbons (Fsp3) is 0.533. The molecule has 1 aliphatic heterocycles. The Morgan fingerprint density at radius 2 is 2.25 bits per heavy atom. The first-order chi connectivity index (χ1) is 9.51. The lowest BCUT2D eigenvalue weighted by Crippen LogP contribution is -2.43. The van der Waals surface area contributed by atoms with Crippen LogP contribution in [0.25, 0.3) is 0 Å². The summed E-state index contributed by atoms with van der Waals surface area (Å²) >= 11 is 5.23. The third-order valence-electron chi connectivity index (χ3n) is 3.98. The molecule has 1 heterocycles. The first kappa shape index (κ1) is 15.9. The number of likely N-dealkylation sites (tertiary alicyclic amines) is 1. The monoisotopic (exact) mass is 357 g/mol. The van der Waals surface area contributed by atoms with Gasteiger partial charge in [-0.2, -0.15) is 0 Å². The summed E-state index contributed by atoms with van der Waals surface area (Å²) in [5.41, 5.74) is 1.28. The quantitative estimate of drug-likeness (QED) is 0.830. The van der Waals surface area contributed by atoms with Gasteiger partial charge in [0.2, 0.25) is 0 Å². The van der Waals surface area contributed by atoms with Crippen LogP contribution in [-0.4, -0.2) is 34.8 Å². The minimum Gasteiger partial charge on any atom is -0.481 e.